The van der Waals surface area contributed by atoms with E-state index in [-0.39, 0.29) is 5.78 Å². The highest BCUT2D eigenvalue weighted by atomic mass is 79.9. The second-order valence-electron chi connectivity index (χ2n) is 4.30. The Kier molecular flexibility index (Phi) is 4.43. The standard InChI is InChI=1S/C16H10BrNOS2/c17-13-3-1-2-11(8-13)15(19)5-4-14-10-21-16(18-14)12-6-7-20-9-12/h1-10H. The van der Waals surface area contributed by atoms with Crippen LogP contribution in [0.1, 0.15) is 16.1 Å². The van der Waals surface area contributed by atoms with E-state index < -0.39 is 0 Å². The van der Waals surface area contributed by atoms with Crippen molar-refractivity contribution in [2.24, 2.45) is 0 Å². The summed E-state index contributed by atoms with van der Waals surface area (Å²) in [5, 5.41) is 7.03. The van der Waals surface area contributed by atoms with Crippen molar-refractivity contribution >= 4 is 50.5 Å². The van der Waals surface area contributed by atoms with Crippen LogP contribution in [-0.2, 0) is 0 Å². The molecule has 2 aromatic heterocycles. The smallest absolute Gasteiger partial charge is 0.185 e. The molecule has 0 amide bonds. The number of allylic oxidation sites excluding steroid dienone is 1. The molecule has 0 aliphatic heterocycles. The third-order valence-electron chi connectivity index (χ3n) is 2.80. The number of nitrogens with zero attached hydrogens (tertiary/aromatic N) is 1. The number of benzene rings is 1. The van der Waals surface area contributed by atoms with Gasteiger partial charge in [-0.15, -0.1) is 11.3 Å². The normalized spacial score (nSPS) is 11.1. The first kappa shape index (κ1) is 14.4. The Bertz CT molecular complexity index is 790. The first-order chi connectivity index (χ1) is 10.2. The number of hydrogen-bond donors (Lipinski definition) is 0. The predicted octanol–water partition coefficient (Wildman–Crippen LogP) is 5.53. The van der Waals surface area contributed by atoms with Crippen LogP contribution < -0.4 is 0 Å². The molecule has 0 aliphatic carbocycles. The molecule has 104 valence electrons. The molecule has 3 rings (SSSR count). The van der Waals surface area contributed by atoms with Crippen molar-refractivity contribution in [3.63, 3.8) is 0 Å². The minimum Gasteiger partial charge on any atom is -0.289 e. The van der Waals surface area contributed by atoms with E-state index >= 15 is 0 Å². The van der Waals surface area contributed by atoms with E-state index in [1.807, 2.05) is 35.0 Å². The molecule has 2 heterocycles. The molecule has 0 bridgehead atoms. The number of carbonyl (C=O) groups is 1. The Morgan fingerprint density at radius 1 is 1.24 bits per heavy atom. The Morgan fingerprint density at radius 2 is 2.14 bits per heavy atom. The van der Waals surface area contributed by atoms with E-state index in [4.69, 9.17) is 0 Å². The van der Waals surface area contributed by atoms with Crippen molar-refractivity contribution < 1.29 is 4.79 Å². The molecule has 2 nitrogen and oxygen atoms in total. The minimum absolute atomic E-state index is 0.0265. The number of thiophene rings is 1. The number of halogens is 1. The molecule has 1 aromatic carbocycles. The van der Waals surface area contributed by atoms with Gasteiger partial charge in [-0.2, -0.15) is 11.3 Å². The van der Waals surface area contributed by atoms with Gasteiger partial charge in [-0.05, 0) is 35.7 Å². The van der Waals surface area contributed by atoms with Gasteiger partial charge in [0.15, 0.2) is 5.78 Å². The average molecular weight is 376 g/mol. The fraction of sp³-hybridized carbons (Fsp3) is 0. The monoisotopic (exact) mass is 375 g/mol. The first-order valence-corrected chi connectivity index (χ1v) is 8.80. The molecule has 0 radical (unpaired) electrons. The molecule has 0 N–H and O–H groups in total. The van der Waals surface area contributed by atoms with Crippen molar-refractivity contribution in [2.75, 3.05) is 0 Å². The zero-order chi connectivity index (χ0) is 14.7. The number of ketones is 1. The van der Waals surface area contributed by atoms with Crippen LogP contribution in [0.4, 0.5) is 0 Å². The molecule has 0 spiro atoms. The van der Waals surface area contributed by atoms with E-state index in [1.54, 1.807) is 40.9 Å². The van der Waals surface area contributed by atoms with Gasteiger partial charge in [-0.25, -0.2) is 4.98 Å². The third kappa shape index (κ3) is 3.56. The van der Waals surface area contributed by atoms with E-state index in [0.717, 1.165) is 20.7 Å². The lowest BCUT2D eigenvalue weighted by Gasteiger charge is -1.95. The molecular formula is C16H10BrNOS2. The maximum absolute atomic E-state index is 12.1. The molecule has 0 unspecified atom stereocenters. The largest absolute Gasteiger partial charge is 0.289 e. The maximum atomic E-state index is 12.1. The van der Waals surface area contributed by atoms with Gasteiger partial charge in [0.2, 0.25) is 0 Å². The van der Waals surface area contributed by atoms with E-state index in [2.05, 4.69) is 26.3 Å². The lowest BCUT2D eigenvalue weighted by Crippen LogP contribution is -1.93. The van der Waals surface area contributed by atoms with Crippen molar-refractivity contribution in [2.45, 2.75) is 0 Å². The zero-order valence-corrected chi connectivity index (χ0v) is 14.0. The molecule has 0 aliphatic rings. The van der Waals surface area contributed by atoms with Gasteiger partial charge in [0.1, 0.15) is 5.01 Å². The molecule has 0 atom stereocenters. The topological polar surface area (TPSA) is 30.0 Å². The summed E-state index contributed by atoms with van der Waals surface area (Å²) < 4.78 is 0.898. The van der Waals surface area contributed by atoms with Gasteiger partial charge < -0.3 is 0 Å². The molecule has 0 saturated carbocycles. The summed E-state index contributed by atoms with van der Waals surface area (Å²) in [6, 6.07) is 9.40. The molecule has 5 heteroatoms. The van der Waals surface area contributed by atoms with E-state index in [9.17, 15) is 4.79 Å². The quantitative estimate of drug-likeness (QED) is 0.443. The fourth-order valence-corrected chi connectivity index (χ4v) is 3.68. The highest BCUT2D eigenvalue weighted by Gasteiger charge is 2.05. The minimum atomic E-state index is -0.0265. The van der Waals surface area contributed by atoms with Crippen molar-refractivity contribution in [3.8, 4) is 10.6 Å². The molecular weight excluding hydrogens is 366 g/mol. The van der Waals surface area contributed by atoms with Crippen LogP contribution in [0.5, 0.6) is 0 Å². The molecule has 3 aromatic rings. The number of aromatic nitrogens is 1. The van der Waals surface area contributed by atoms with Crippen LogP contribution in [0.25, 0.3) is 16.6 Å². The fourth-order valence-electron chi connectivity index (χ4n) is 1.78. The van der Waals surface area contributed by atoms with Gasteiger partial charge in [-0.3, -0.25) is 4.79 Å². The highest BCUT2D eigenvalue weighted by Crippen LogP contribution is 2.26. The summed E-state index contributed by atoms with van der Waals surface area (Å²) in [6.07, 6.45) is 3.32. The lowest BCUT2D eigenvalue weighted by atomic mass is 10.1. The second kappa shape index (κ2) is 6.47. The van der Waals surface area contributed by atoms with Crippen molar-refractivity contribution in [3.05, 3.63) is 68.3 Å². The third-order valence-corrected chi connectivity index (χ3v) is 4.89. The van der Waals surface area contributed by atoms with Crippen LogP contribution in [-0.4, -0.2) is 10.8 Å². The van der Waals surface area contributed by atoms with Crippen molar-refractivity contribution in [1.29, 1.82) is 0 Å². The number of rotatable bonds is 4. The summed E-state index contributed by atoms with van der Waals surface area (Å²) >= 11 is 6.60. The number of thiazole rings is 1. The van der Waals surface area contributed by atoms with Crippen molar-refractivity contribution in [1.82, 2.24) is 4.98 Å². The molecule has 0 fully saturated rings. The van der Waals surface area contributed by atoms with Gasteiger partial charge in [0.05, 0.1) is 5.69 Å². The Labute approximate surface area is 138 Å². The summed E-state index contributed by atoms with van der Waals surface area (Å²) in [5.41, 5.74) is 2.60. The SMILES string of the molecule is O=C(C=Cc1csc(-c2ccsc2)n1)c1cccc(Br)c1. The van der Waals surface area contributed by atoms with Gasteiger partial charge in [-0.1, -0.05) is 28.1 Å². The lowest BCUT2D eigenvalue weighted by molar-refractivity contribution is 0.104. The maximum Gasteiger partial charge on any atom is 0.185 e. The summed E-state index contributed by atoms with van der Waals surface area (Å²) in [5.74, 6) is -0.0265. The highest BCUT2D eigenvalue weighted by molar-refractivity contribution is 9.10. The second-order valence-corrected chi connectivity index (χ2v) is 6.85. The zero-order valence-electron chi connectivity index (χ0n) is 10.8. The average Bonchev–Trinajstić information content (AvgIpc) is 3.15. The van der Waals surface area contributed by atoms with Gasteiger partial charge >= 0.3 is 0 Å². The van der Waals surface area contributed by atoms with Crippen LogP contribution >= 0.6 is 38.6 Å². The van der Waals surface area contributed by atoms with E-state index in [0.29, 0.717) is 5.56 Å². The van der Waals surface area contributed by atoms with Gasteiger partial charge in [0.25, 0.3) is 0 Å². The summed E-state index contributed by atoms with van der Waals surface area (Å²) in [7, 11) is 0. The number of carbonyl (C=O) groups excluding carboxylic acids is 1. The Balaban J connectivity index is 1.76. The predicted molar refractivity (Wildman–Crippen MR) is 92.9 cm³/mol. The molecule has 0 saturated heterocycles. The summed E-state index contributed by atoms with van der Waals surface area (Å²) in [4.78, 5) is 16.6. The Morgan fingerprint density at radius 3 is 2.90 bits per heavy atom. The molecule has 21 heavy (non-hydrogen) atoms. The van der Waals surface area contributed by atoms with Crippen LogP contribution in [0.3, 0.4) is 0 Å². The Hall–Kier alpha value is -1.56. The van der Waals surface area contributed by atoms with Crippen LogP contribution in [0.15, 0.2) is 57.0 Å². The van der Waals surface area contributed by atoms with E-state index in [1.165, 1.54) is 0 Å². The summed E-state index contributed by atoms with van der Waals surface area (Å²) in [6.45, 7) is 0. The first-order valence-electron chi connectivity index (χ1n) is 6.18. The van der Waals surface area contributed by atoms with Gasteiger partial charge in [0, 0.05) is 26.4 Å². The number of hydrogen-bond acceptors (Lipinski definition) is 4. The van der Waals surface area contributed by atoms with Crippen LogP contribution in [0, 0.1) is 0 Å². The van der Waals surface area contributed by atoms with Crippen LogP contribution in [0.2, 0.25) is 0 Å².